The number of hydrogen-bond donors (Lipinski definition) is 1. The molecule has 1 aromatic heterocycles. The molecule has 0 amide bonds. The smallest absolute Gasteiger partial charge is 0.0240 e. The Hall–Kier alpha value is -0.380. The van der Waals surface area contributed by atoms with E-state index in [9.17, 15) is 0 Å². The summed E-state index contributed by atoms with van der Waals surface area (Å²) in [5.41, 5.74) is 0. The van der Waals surface area contributed by atoms with Crippen LogP contribution in [0.1, 0.15) is 25.6 Å². The molecule has 0 aromatic carbocycles. The normalized spacial score (nSPS) is 13.5. The van der Waals surface area contributed by atoms with E-state index in [4.69, 9.17) is 0 Å². The Bertz CT molecular complexity index is 282. The molecule has 2 nitrogen and oxygen atoms in total. The second kappa shape index (κ2) is 7.85. The Morgan fingerprint density at radius 3 is 2.71 bits per heavy atom. The van der Waals surface area contributed by atoms with Crippen molar-refractivity contribution in [3.05, 3.63) is 22.4 Å². The van der Waals surface area contributed by atoms with Gasteiger partial charge in [-0.05, 0) is 37.4 Å². The maximum absolute atomic E-state index is 3.46. The van der Waals surface area contributed by atoms with Gasteiger partial charge < -0.3 is 10.2 Å². The Morgan fingerprint density at radius 1 is 1.41 bits per heavy atom. The molecule has 98 valence electrons. The third-order valence-corrected chi connectivity index (χ3v) is 4.17. The monoisotopic (exact) mass is 254 g/mol. The fourth-order valence-electron chi connectivity index (χ4n) is 2.10. The average Bonchev–Trinajstić information content (AvgIpc) is 2.79. The fraction of sp³-hybridized carbons (Fsp3) is 0.714. The predicted octanol–water partition coefficient (Wildman–Crippen LogP) is 2.86. The van der Waals surface area contributed by atoms with Crippen LogP contribution in [0.3, 0.4) is 0 Å². The summed E-state index contributed by atoms with van der Waals surface area (Å²) in [6.45, 7) is 10.1. The van der Waals surface area contributed by atoms with Gasteiger partial charge >= 0.3 is 0 Å². The zero-order valence-electron chi connectivity index (χ0n) is 11.6. The van der Waals surface area contributed by atoms with Crippen LogP contribution < -0.4 is 5.32 Å². The zero-order chi connectivity index (χ0) is 12.7. The highest BCUT2D eigenvalue weighted by Gasteiger charge is 2.17. The van der Waals surface area contributed by atoms with E-state index in [1.165, 1.54) is 11.3 Å². The Labute approximate surface area is 110 Å². The highest BCUT2D eigenvalue weighted by Crippen LogP contribution is 2.12. The molecular formula is C14H26N2S. The van der Waals surface area contributed by atoms with Gasteiger partial charge in [-0.3, -0.25) is 0 Å². The first-order chi connectivity index (χ1) is 8.15. The molecule has 1 unspecified atom stereocenters. The molecule has 1 rings (SSSR count). The lowest BCUT2D eigenvalue weighted by Gasteiger charge is -2.31. The molecule has 0 fully saturated rings. The first-order valence-corrected chi connectivity index (χ1v) is 7.46. The molecule has 0 bridgehead atoms. The van der Waals surface area contributed by atoms with Gasteiger partial charge in [-0.25, -0.2) is 0 Å². The molecular weight excluding hydrogens is 228 g/mol. The molecule has 0 aliphatic heterocycles. The van der Waals surface area contributed by atoms with Crippen molar-refractivity contribution in [2.75, 3.05) is 26.7 Å². The molecule has 0 aliphatic rings. The number of likely N-dealkylation sites (N-methyl/N-ethyl adjacent to an activating group) is 2. The summed E-state index contributed by atoms with van der Waals surface area (Å²) in [5.74, 6) is 0.697. The lowest BCUT2D eigenvalue weighted by molar-refractivity contribution is 0.190. The summed E-state index contributed by atoms with van der Waals surface area (Å²) in [6.07, 6.45) is 1.17. The van der Waals surface area contributed by atoms with Gasteiger partial charge in [0.1, 0.15) is 0 Å². The molecule has 3 heteroatoms. The van der Waals surface area contributed by atoms with E-state index >= 15 is 0 Å². The van der Waals surface area contributed by atoms with Crippen molar-refractivity contribution >= 4 is 11.3 Å². The lowest BCUT2D eigenvalue weighted by atomic mass is 10.0. The number of rotatable bonds is 8. The second-order valence-corrected chi connectivity index (χ2v) is 5.96. The molecule has 1 N–H and O–H groups in total. The maximum atomic E-state index is 3.46. The minimum atomic E-state index is 0.634. The summed E-state index contributed by atoms with van der Waals surface area (Å²) in [4.78, 5) is 3.98. The largest absolute Gasteiger partial charge is 0.315 e. The van der Waals surface area contributed by atoms with Gasteiger partial charge in [0.2, 0.25) is 0 Å². The highest BCUT2D eigenvalue weighted by molar-refractivity contribution is 7.09. The summed E-state index contributed by atoms with van der Waals surface area (Å²) in [7, 11) is 2.25. The molecule has 0 aliphatic carbocycles. The maximum Gasteiger partial charge on any atom is 0.0240 e. The Kier molecular flexibility index (Phi) is 6.78. The zero-order valence-corrected chi connectivity index (χ0v) is 12.4. The summed E-state index contributed by atoms with van der Waals surface area (Å²) < 4.78 is 0. The van der Waals surface area contributed by atoms with E-state index in [-0.39, 0.29) is 0 Å². The van der Waals surface area contributed by atoms with Gasteiger partial charge in [-0.1, -0.05) is 26.8 Å². The van der Waals surface area contributed by atoms with Crippen LogP contribution in [0.4, 0.5) is 0 Å². The summed E-state index contributed by atoms with van der Waals surface area (Å²) in [5, 5.41) is 5.63. The highest BCUT2D eigenvalue weighted by atomic mass is 32.1. The first-order valence-electron chi connectivity index (χ1n) is 6.58. The SMILES string of the molecule is CCNCC(C(C)C)N(C)CCc1cccs1. The topological polar surface area (TPSA) is 15.3 Å². The van der Waals surface area contributed by atoms with Gasteiger partial charge in [-0.15, -0.1) is 11.3 Å². The molecule has 0 saturated heterocycles. The van der Waals surface area contributed by atoms with Crippen molar-refractivity contribution in [3.8, 4) is 0 Å². The molecule has 1 atom stereocenters. The molecule has 1 heterocycles. The molecule has 0 saturated carbocycles. The van der Waals surface area contributed by atoms with Crippen LogP contribution in [0.25, 0.3) is 0 Å². The van der Waals surface area contributed by atoms with E-state index in [0.717, 1.165) is 19.6 Å². The van der Waals surface area contributed by atoms with Crippen LogP contribution in [0.15, 0.2) is 17.5 Å². The van der Waals surface area contributed by atoms with Crippen LogP contribution in [-0.2, 0) is 6.42 Å². The van der Waals surface area contributed by atoms with Gasteiger partial charge in [-0.2, -0.15) is 0 Å². The number of hydrogen-bond acceptors (Lipinski definition) is 3. The van der Waals surface area contributed by atoms with Gasteiger partial charge in [0.05, 0.1) is 0 Å². The van der Waals surface area contributed by atoms with Crippen molar-refractivity contribution in [1.29, 1.82) is 0 Å². The van der Waals surface area contributed by atoms with Crippen molar-refractivity contribution in [2.45, 2.75) is 33.2 Å². The third-order valence-electron chi connectivity index (χ3n) is 3.23. The van der Waals surface area contributed by atoms with Gasteiger partial charge in [0.25, 0.3) is 0 Å². The van der Waals surface area contributed by atoms with Crippen LogP contribution in [-0.4, -0.2) is 37.6 Å². The fourth-order valence-corrected chi connectivity index (χ4v) is 2.80. The average molecular weight is 254 g/mol. The number of nitrogens with one attached hydrogen (secondary N) is 1. The van der Waals surface area contributed by atoms with Crippen molar-refractivity contribution in [3.63, 3.8) is 0 Å². The predicted molar refractivity (Wildman–Crippen MR) is 77.8 cm³/mol. The van der Waals surface area contributed by atoms with Crippen molar-refractivity contribution in [1.82, 2.24) is 10.2 Å². The van der Waals surface area contributed by atoms with Gasteiger partial charge in [0.15, 0.2) is 0 Å². The molecule has 1 aromatic rings. The van der Waals surface area contributed by atoms with Crippen molar-refractivity contribution in [2.24, 2.45) is 5.92 Å². The van der Waals surface area contributed by atoms with E-state index in [1.54, 1.807) is 0 Å². The Morgan fingerprint density at radius 2 is 2.18 bits per heavy atom. The van der Waals surface area contributed by atoms with Crippen LogP contribution in [0.2, 0.25) is 0 Å². The molecule has 0 radical (unpaired) electrons. The quantitative estimate of drug-likeness (QED) is 0.767. The summed E-state index contributed by atoms with van der Waals surface area (Å²) >= 11 is 1.86. The standard InChI is InChI=1S/C14H26N2S/c1-5-15-11-14(12(2)3)16(4)9-8-13-7-6-10-17-13/h6-7,10,12,14-15H,5,8-9,11H2,1-4H3. The molecule has 17 heavy (non-hydrogen) atoms. The van der Waals surface area contributed by atoms with Crippen molar-refractivity contribution < 1.29 is 0 Å². The van der Waals surface area contributed by atoms with E-state index < -0.39 is 0 Å². The summed E-state index contributed by atoms with van der Waals surface area (Å²) in [6, 6.07) is 5.00. The Balaban J connectivity index is 2.38. The first kappa shape index (κ1) is 14.7. The van der Waals surface area contributed by atoms with E-state index in [1.807, 2.05) is 11.3 Å². The van der Waals surface area contributed by atoms with Crippen LogP contribution >= 0.6 is 11.3 Å². The van der Waals surface area contributed by atoms with E-state index in [0.29, 0.717) is 12.0 Å². The minimum Gasteiger partial charge on any atom is -0.315 e. The molecule has 0 spiro atoms. The minimum absolute atomic E-state index is 0.634. The van der Waals surface area contributed by atoms with Crippen LogP contribution in [0.5, 0.6) is 0 Å². The third kappa shape index (κ3) is 5.19. The second-order valence-electron chi connectivity index (χ2n) is 4.93. The number of nitrogens with zero attached hydrogens (tertiary/aromatic N) is 1. The number of thiophene rings is 1. The van der Waals surface area contributed by atoms with Gasteiger partial charge in [0, 0.05) is 24.0 Å². The lowest BCUT2D eigenvalue weighted by Crippen LogP contribution is -2.44. The van der Waals surface area contributed by atoms with E-state index in [2.05, 4.69) is 55.5 Å². The van der Waals surface area contributed by atoms with Crippen LogP contribution in [0, 0.1) is 5.92 Å².